The third-order valence-corrected chi connectivity index (χ3v) is 8.44. The van der Waals surface area contributed by atoms with Crippen LogP contribution in [0.5, 0.6) is 0 Å². The molecule has 1 fully saturated rings. The van der Waals surface area contributed by atoms with Crippen LogP contribution in [0.15, 0.2) is 42.5 Å². The Morgan fingerprint density at radius 2 is 1.79 bits per heavy atom. The predicted molar refractivity (Wildman–Crippen MR) is 160 cm³/mol. The van der Waals surface area contributed by atoms with Crippen LogP contribution in [-0.4, -0.2) is 91.5 Å². The number of aryl methyl sites for hydroxylation is 1. The summed E-state index contributed by atoms with van der Waals surface area (Å²) in [5, 5.41) is 6.19. The van der Waals surface area contributed by atoms with Crippen molar-refractivity contribution in [2.24, 2.45) is 0 Å². The minimum atomic E-state index is 0.866. The zero-order chi connectivity index (χ0) is 25.9. The van der Waals surface area contributed by atoms with E-state index in [1.165, 1.54) is 27.5 Å². The van der Waals surface area contributed by atoms with Gasteiger partial charge in [0.1, 0.15) is 0 Å². The molecule has 7 nitrogen and oxygen atoms in total. The van der Waals surface area contributed by atoms with Crippen molar-refractivity contribution in [3.05, 3.63) is 42.5 Å². The molecular weight excluding hydrogens is 472 g/mol. The van der Waals surface area contributed by atoms with Crippen LogP contribution in [0.1, 0.15) is 26.7 Å². The standard InChI is InChI=1S/C31H42N6O/c1-3-34(4-2)18-13-32-24-11-12-25-27(23-24)33-29-26-9-5-6-10-28(26)37-17-8-16-36(30(25)31(29)37)15-7-14-35-19-21-38-22-20-35/h5-6,9-12,23,32H,3-4,7-8,13-22H2,1-2H3. The number of benzene rings is 2. The van der Waals surface area contributed by atoms with Crippen molar-refractivity contribution in [1.82, 2.24) is 19.4 Å². The van der Waals surface area contributed by atoms with Crippen LogP contribution in [0.25, 0.3) is 32.8 Å². The van der Waals surface area contributed by atoms with E-state index in [0.29, 0.717) is 0 Å². The van der Waals surface area contributed by atoms with Crippen molar-refractivity contribution in [3.63, 3.8) is 0 Å². The normalized spacial score (nSPS) is 16.7. The number of rotatable bonds is 10. The number of nitrogens with one attached hydrogen (secondary N) is 1. The second-order valence-electron chi connectivity index (χ2n) is 10.7. The van der Waals surface area contributed by atoms with Crippen molar-refractivity contribution in [3.8, 4) is 0 Å². The van der Waals surface area contributed by atoms with Gasteiger partial charge in [-0.3, -0.25) is 4.90 Å². The Morgan fingerprint density at radius 3 is 2.63 bits per heavy atom. The van der Waals surface area contributed by atoms with Gasteiger partial charge in [-0.15, -0.1) is 0 Å². The summed E-state index contributed by atoms with van der Waals surface area (Å²) in [7, 11) is 0. The maximum atomic E-state index is 5.55. The number of ether oxygens (including phenoxy) is 1. The van der Waals surface area contributed by atoms with Gasteiger partial charge in [-0.1, -0.05) is 32.0 Å². The summed E-state index contributed by atoms with van der Waals surface area (Å²) in [6.07, 6.45) is 2.31. The van der Waals surface area contributed by atoms with Gasteiger partial charge >= 0.3 is 0 Å². The molecule has 2 aliphatic heterocycles. The van der Waals surface area contributed by atoms with Gasteiger partial charge in [0, 0.05) is 68.8 Å². The molecule has 1 N–H and O–H groups in total. The smallest absolute Gasteiger partial charge is 0.0988 e. The first-order valence-electron chi connectivity index (χ1n) is 14.6. The lowest BCUT2D eigenvalue weighted by Crippen LogP contribution is -2.38. The molecule has 38 heavy (non-hydrogen) atoms. The molecule has 0 spiro atoms. The third-order valence-electron chi connectivity index (χ3n) is 8.44. The maximum Gasteiger partial charge on any atom is 0.0988 e. The molecule has 4 heterocycles. The minimum Gasteiger partial charge on any atom is -0.384 e. The van der Waals surface area contributed by atoms with Crippen LogP contribution in [0.3, 0.4) is 0 Å². The van der Waals surface area contributed by atoms with E-state index in [0.717, 1.165) is 108 Å². The molecule has 0 bridgehead atoms. The van der Waals surface area contributed by atoms with Crippen molar-refractivity contribution in [2.45, 2.75) is 33.2 Å². The van der Waals surface area contributed by atoms with Crippen molar-refractivity contribution >= 4 is 44.2 Å². The third kappa shape index (κ3) is 4.95. The Kier molecular flexibility index (Phi) is 7.68. The molecule has 0 saturated carbocycles. The lowest BCUT2D eigenvalue weighted by atomic mass is 10.1. The van der Waals surface area contributed by atoms with Crippen molar-refractivity contribution < 1.29 is 4.74 Å². The monoisotopic (exact) mass is 514 g/mol. The first-order valence-corrected chi connectivity index (χ1v) is 14.6. The van der Waals surface area contributed by atoms with E-state index < -0.39 is 0 Å². The van der Waals surface area contributed by atoms with Gasteiger partial charge in [-0.05, 0) is 50.2 Å². The van der Waals surface area contributed by atoms with Crippen LogP contribution >= 0.6 is 0 Å². The number of hydrogen-bond acceptors (Lipinski definition) is 6. The van der Waals surface area contributed by atoms with Gasteiger partial charge in [0.2, 0.25) is 0 Å². The summed E-state index contributed by atoms with van der Waals surface area (Å²) >= 11 is 0. The van der Waals surface area contributed by atoms with E-state index in [2.05, 4.69) is 80.9 Å². The molecule has 2 aliphatic rings. The number of hydrogen-bond donors (Lipinski definition) is 1. The fourth-order valence-corrected chi connectivity index (χ4v) is 6.34. The summed E-state index contributed by atoms with van der Waals surface area (Å²) in [6, 6.07) is 15.6. The highest BCUT2D eigenvalue weighted by molar-refractivity contribution is 6.17. The topological polar surface area (TPSA) is 48.8 Å². The Hall–Kier alpha value is -2.87. The average molecular weight is 515 g/mol. The Labute approximate surface area is 226 Å². The molecule has 2 aromatic carbocycles. The number of pyridine rings is 1. The molecule has 0 unspecified atom stereocenters. The van der Waals surface area contributed by atoms with E-state index in [1.54, 1.807) is 0 Å². The summed E-state index contributed by atoms with van der Waals surface area (Å²) in [6.45, 7) is 16.8. The zero-order valence-electron chi connectivity index (χ0n) is 23.1. The molecular formula is C31H42N6O. The van der Waals surface area contributed by atoms with Crippen LogP contribution in [0.4, 0.5) is 11.4 Å². The van der Waals surface area contributed by atoms with Crippen molar-refractivity contribution in [1.29, 1.82) is 0 Å². The van der Waals surface area contributed by atoms with Crippen LogP contribution < -0.4 is 10.2 Å². The highest BCUT2D eigenvalue weighted by Crippen LogP contribution is 2.41. The number of anilines is 2. The quantitative estimate of drug-likeness (QED) is 0.320. The summed E-state index contributed by atoms with van der Waals surface area (Å²) in [5.74, 6) is 0. The molecule has 7 heteroatoms. The Balaban J connectivity index is 1.37. The van der Waals surface area contributed by atoms with Gasteiger partial charge in [-0.25, -0.2) is 4.98 Å². The zero-order valence-corrected chi connectivity index (χ0v) is 23.1. The molecule has 0 aliphatic carbocycles. The van der Waals surface area contributed by atoms with Crippen LogP contribution in [-0.2, 0) is 11.3 Å². The first kappa shape index (κ1) is 25.4. The highest BCUT2D eigenvalue weighted by atomic mass is 16.5. The molecule has 202 valence electrons. The van der Waals surface area contributed by atoms with Gasteiger partial charge in [0.05, 0.1) is 41.0 Å². The maximum absolute atomic E-state index is 5.55. The van der Waals surface area contributed by atoms with Crippen molar-refractivity contribution in [2.75, 3.05) is 82.3 Å². The lowest BCUT2D eigenvalue weighted by molar-refractivity contribution is 0.0376. The fraction of sp³-hybridized carbons (Fsp3) is 0.516. The van der Waals surface area contributed by atoms with E-state index in [9.17, 15) is 0 Å². The van der Waals surface area contributed by atoms with E-state index in [-0.39, 0.29) is 0 Å². The molecule has 6 rings (SSSR count). The highest BCUT2D eigenvalue weighted by Gasteiger charge is 2.25. The number of aromatic nitrogens is 2. The molecule has 0 amide bonds. The molecule has 0 atom stereocenters. The predicted octanol–water partition coefficient (Wildman–Crippen LogP) is 5.03. The average Bonchev–Trinajstić information content (AvgIpc) is 3.13. The van der Waals surface area contributed by atoms with Crippen LogP contribution in [0, 0.1) is 0 Å². The summed E-state index contributed by atoms with van der Waals surface area (Å²) < 4.78 is 8.09. The molecule has 1 saturated heterocycles. The number of nitrogens with zero attached hydrogens (tertiary/aromatic N) is 5. The molecule has 2 aromatic heterocycles. The van der Waals surface area contributed by atoms with E-state index in [1.807, 2.05) is 0 Å². The number of likely N-dealkylation sites (N-methyl/N-ethyl adjacent to an activating group) is 1. The Morgan fingerprint density at radius 1 is 0.947 bits per heavy atom. The SMILES string of the molecule is CCN(CC)CCNc1ccc2c3c4c(nc2c1)c1ccccc1n4CCCN3CCCN1CCOCC1. The van der Waals surface area contributed by atoms with E-state index in [4.69, 9.17) is 9.72 Å². The van der Waals surface area contributed by atoms with E-state index >= 15 is 0 Å². The summed E-state index contributed by atoms with van der Waals surface area (Å²) in [4.78, 5) is 13.0. The first-order chi connectivity index (χ1) is 18.8. The van der Waals surface area contributed by atoms with Crippen LogP contribution in [0.2, 0.25) is 0 Å². The minimum absolute atomic E-state index is 0.866. The molecule has 0 radical (unpaired) electrons. The van der Waals surface area contributed by atoms with Gasteiger partial charge in [0.25, 0.3) is 0 Å². The van der Waals surface area contributed by atoms with Gasteiger partial charge < -0.3 is 24.4 Å². The van der Waals surface area contributed by atoms with Gasteiger partial charge in [0.15, 0.2) is 0 Å². The van der Waals surface area contributed by atoms with Gasteiger partial charge in [-0.2, -0.15) is 0 Å². The summed E-state index contributed by atoms with van der Waals surface area (Å²) in [5.41, 5.74) is 7.37. The molecule has 4 aromatic rings. The number of morpholine rings is 1. The Bertz CT molecular complexity index is 1390. The second-order valence-corrected chi connectivity index (χ2v) is 10.7. The fourth-order valence-electron chi connectivity index (χ4n) is 6.34. The lowest BCUT2D eigenvalue weighted by Gasteiger charge is -2.29. The second kappa shape index (κ2) is 11.5. The number of para-hydroxylation sites is 1. The largest absolute Gasteiger partial charge is 0.384 e. The number of fused-ring (bicyclic) bond motifs is 5.